The third-order valence-corrected chi connectivity index (χ3v) is 2.86. The molecular weight excluding hydrogens is 238 g/mol. The Morgan fingerprint density at radius 1 is 1.05 bits per heavy atom. The van der Waals surface area contributed by atoms with Crippen molar-refractivity contribution < 1.29 is 9.47 Å². The lowest BCUT2D eigenvalue weighted by Crippen LogP contribution is -2.33. The first kappa shape index (κ1) is 13.8. The van der Waals surface area contributed by atoms with E-state index in [2.05, 4.69) is 29.2 Å². The third-order valence-electron chi connectivity index (χ3n) is 2.86. The van der Waals surface area contributed by atoms with E-state index in [0.717, 1.165) is 12.3 Å². The molecule has 0 spiro atoms. The smallest absolute Gasteiger partial charge is 0.212 e. The first-order valence-corrected chi connectivity index (χ1v) is 6.61. The highest BCUT2D eigenvalue weighted by atomic mass is 16.7. The van der Waals surface area contributed by atoms with Crippen LogP contribution in [0.5, 0.6) is 5.75 Å². The molecule has 0 aliphatic rings. The van der Waals surface area contributed by atoms with Crippen LogP contribution in [0.3, 0.4) is 0 Å². The first-order valence-electron chi connectivity index (χ1n) is 6.61. The van der Waals surface area contributed by atoms with E-state index in [1.165, 1.54) is 10.8 Å². The molecule has 0 fully saturated rings. The van der Waals surface area contributed by atoms with E-state index in [9.17, 15) is 0 Å². The van der Waals surface area contributed by atoms with Gasteiger partial charge in [-0.3, -0.25) is 0 Å². The van der Waals surface area contributed by atoms with E-state index in [1.54, 1.807) is 0 Å². The highest BCUT2D eigenvalue weighted by Crippen LogP contribution is 2.21. The fraction of sp³-hybridized carbons (Fsp3) is 0.375. The van der Waals surface area contributed by atoms with Gasteiger partial charge in [-0.2, -0.15) is 0 Å². The molecule has 0 bridgehead atoms. The van der Waals surface area contributed by atoms with Crippen LogP contribution in [-0.2, 0) is 4.74 Å². The Hall–Kier alpha value is -1.58. The van der Waals surface area contributed by atoms with Gasteiger partial charge in [0.25, 0.3) is 0 Å². The lowest BCUT2D eigenvalue weighted by atomic mass is 10.1. The fourth-order valence-electron chi connectivity index (χ4n) is 2.00. The van der Waals surface area contributed by atoms with Gasteiger partial charge in [0.2, 0.25) is 6.29 Å². The van der Waals surface area contributed by atoms with E-state index < -0.39 is 0 Å². The molecule has 0 radical (unpaired) electrons. The molecule has 0 heterocycles. The van der Waals surface area contributed by atoms with Crippen molar-refractivity contribution in [2.24, 2.45) is 0 Å². The first-order chi connectivity index (χ1) is 9.19. The number of likely N-dealkylation sites (N-methyl/N-ethyl adjacent to an activating group) is 1. The second-order valence-electron chi connectivity index (χ2n) is 4.77. The number of rotatable bonds is 6. The molecular formula is C16H21NO2. The van der Waals surface area contributed by atoms with Crippen LogP contribution in [0, 0.1) is 0 Å². The molecule has 1 atom stereocenters. The van der Waals surface area contributed by atoms with Crippen LogP contribution in [0.2, 0.25) is 0 Å². The molecule has 0 aromatic heterocycles. The van der Waals surface area contributed by atoms with Crippen molar-refractivity contribution in [2.45, 2.75) is 13.2 Å². The summed E-state index contributed by atoms with van der Waals surface area (Å²) in [5.41, 5.74) is 0. The van der Waals surface area contributed by atoms with E-state index >= 15 is 0 Å². The highest BCUT2D eigenvalue weighted by molar-refractivity contribution is 5.83. The van der Waals surface area contributed by atoms with Gasteiger partial charge in [0.15, 0.2) is 0 Å². The largest absolute Gasteiger partial charge is 0.464 e. The van der Waals surface area contributed by atoms with Crippen LogP contribution in [0.15, 0.2) is 42.5 Å². The van der Waals surface area contributed by atoms with E-state index in [-0.39, 0.29) is 6.29 Å². The third kappa shape index (κ3) is 3.94. The van der Waals surface area contributed by atoms with Gasteiger partial charge in [-0.1, -0.05) is 30.3 Å². The summed E-state index contributed by atoms with van der Waals surface area (Å²) in [6, 6.07) is 14.4. The lowest BCUT2D eigenvalue weighted by Gasteiger charge is -2.22. The van der Waals surface area contributed by atoms with Gasteiger partial charge in [0, 0.05) is 6.61 Å². The molecule has 3 heteroatoms. The van der Waals surface area contributed by atoms with Crippen LogP contribution in [0.1, 0.15) is 6.92 Å². The normalized spacial score (nSPS) is 12.8. The minimum absolute atomic E-state index is 0.235. The van der Waals surface area contributed by atoms with Gasteiger partial charge >= 0.3 is 0 Å². The molecule has 3 nitrogen and oxygen atoms in total. The van der Waals surface area contributed by atoms with Gasteiger partial charge in [0.05, 0.1) is 6.54 Å². The van der Waals surface area contributed by atoms with Crippen LogP contribution in [0.4, 0.5) is 0 Å². The summed E-state index contributed by atoms with van der Waals surface area (Å²) in [6.07, 6.45) is -0.235. The molecule has 2 aromatic rings. The van der Waals surface area contributed by atoms with Crippen molar-refractivity contribution in [1.29, 1.82) is 0 Å². The van der Waals surface area contributed by atoms with Crippen LogP contribution in [-0.4, -0.2) is 38.4 Å². The topological polar surface area (TPSA) is 21.7 Å². The Morgan fingerprint density at radius 2 is 1.79 bits per heavy atom. The maximum Gasteiger partial charge on any atom is 0.212 e. The average Bonchev–Trinajstić information content (AvgIpc) is 2.38. The van der Waals surface area contributed by atoms with Gasteiger partial charge in [0.1, 0.15) is 5.75 Å². The number of benzene rings is 2. The summed E-state index contributed by atoms with van der Waals surface area (Å²) >= 11 is 0. The summed E-state index contributed by atoms with van der Waals surface area (Å²) in [5.74, 6) is 0.846. The summed E-state index contributed by atoms with van der Waals surface area (Å²) in [5, 5.41) is 2.40. The standard InChI is InChI=1S/C16H21NO2/c1-4-18-16(12-17(2)3)19-15-10-9-13-7-5-6-8-14(13)11-15/h5-11,16H,4,12H2,1-3H3. The van der Waals surface area contributed by atoms with Gasteiger partial charge in [-0.05, 0) is 43.9 Å². The molecule has 102 valence electrons. The van der Waals surface area contributed by atoms with Crippen molar-refractivity contribution in [2.75, 3.05) is 27.2 Å². The molecule has 19 heavy (non-hydrogen) atoms. The zero-order valence-corrected chi connectivity index (χ0v) is 11.8. The van der Waals surface area contributed by atoms with Gasteiger partial charge in [-0.25, -0.2) is 0 Å². The predicted molar refractivity (Wildman–Crippen MR) is 78.5 cm³/mol. The van der Waals surface area contributed by atoms with Crippen molar-refractivity contribution in [3.05, 3.63) is 42.5 Å². The Labute approximate surface area is 114 Å². The minimum Gasteiger partial charge on any atom is -0.464 e. The molecule has 0 saturated carbocycles. The Balaban J connectivity index is 2.13. The number of fused-ring (bicyclic) bond motifs is 1. The second-order valence-corrected chi connectivity index (χ2v) is 4.77. The van der Waals surface area contributed by atoms with Crippen molar-refractivity contribution in [1.82, 2.24) is 4.90 Å². The molecule has 2 aromatic carbocycles. The highest BCUT2D eigenvalue weighted by Gasteiger charge is 2.11. The van der Waals surface area contributed by atoms with Gasteiger partial charge in [-0.15, -0.1) is 0 Å². The number of hydrogen-bond donors (Lipinski definition) is 0. The summed E-state index contributed by atoms with van der Waals surface area (Å²) in [7, 11) is 4.02. The maximum atomic E-state index is 5.91. The Bertz CT molecular complexity index is 525. The van der Waals surface area contributed by atoms with Gasteiger partial charge < -0.3 is 14.4 Å². The molecule has 2 rings (SSSR count). The molecule has 0 saturated heterocycles. The monoisotopic (exact) mass is 259 g/mol. The van der Waals surface area contributed by atoms with E-state index in [4.69, 9.17) is 9.47 Å². The van der Waals surface area contributed by atoms with Crippen LogP contribution in [0.25, 0.3) is 10.8 Å². The van der Waals surface area contributed by atoms with Crippen LogP contribution < -0.4 is 4.74 Å². The average molecular weight is 259 g/mol. The summed E-state index contributed by atoms with van der Waals surface area (Å²) in [6.45, 7) is 3.36. The summed E-state index contributed by atoms with van der Waals surface area (Å²) < 4.78 is 11.5. The molecule has 0 aliphatic carbocycles. The lowest BCUT2D eigenvalue weighted by molar-refractivity contribution is -0.0857. The molecule has 1 unspecified atom stereocenters. The fourth-order valence-corrected chi connectivity index (χ4v) is 2.00. The second kappa shape index (κ2) is 6.55. The number of hydrogen-bond acceptors (Lipinski definition) is 3. The van der Waals surface area contributed by atoms with Crippen molar-refractivity contribution in [3.8, 4) is 5.75 Å². The minimum atomic E-state index is -0.235. The number of ether oxygens (including phenoxy) is 2. The Morgan fingerprint density at radius 3 is 2.47 bits per heavy atom. The molecule has 0 N–H and O–H groups in total. The molecule has 0 amide bonds. The number of nitrogens with zero attached hydrogens (tertiary/aromatic N) is 1. The Kier molecular flexibility index (Phi) is 4.77. The zero-order valence-electron chi connectivity index (χ0n) is 11.8. The van der Waals surface area contributed by atoms with E-state index in [1.807, 2.05) is 39.2 Å². The predicted octanol–water partition coefficient (Wildman–Crippen LogP) is 3.14. The molecule has 0 aliphatic heterocycles. The summed E-state index contributed by atoms with van der Waals surface area (Å²) in [4.78, 5) is 2.06. The maximum absolute atomic E-state index is 5.91. The van der Waals surface area contributed by atoms with Crippen molar-refractivity contribution >= 4 is 10.8 Å². The van der Waals surface area contributed by atoms with Crippen LogP contribution >= 0.6 is 0 Å². The van der Waals surface area contributed by atoms with Crippen molar-refractivity contribution in [3.63, 3.8) is 0 Å². The zero-order chi connectivity index (χ0) is 13.7. The SMILES string of the molecule is CCOC(CN(C)C)Oc1ccc2ccccc2c1. The van der Waals surface area contributed by atoms with E-state index in [0.29, 0.717) is 6.61 Å². The quantitative estimate of drug-likeness (QED) is 0.744.